The summed E-state index contributed by atoms with van der Waals surface area (Å²) >= 11 is 5.77. The van der Waals surface area contributed by atoms with Gasteiger partial charge in [-0.1, -0.05) is 11.6 Å². The number of nitrogens with one attached hydrogen (secondary N) is 1. The third-order valence-corrected chi connectivity index (χ3v) is 3.71. The lowest BCUT2D eigenvalue weighted by molar-refractivity contribution is -0.386. The number of nitro groups is 1. The van der Waals surface area contributed by atoms with Gasteiger partial charge in [-0.05, 0) is 32.9 Å². The smallest absolute Gasteiger partial charge is 0.408 e. The highest BCUT2D eigenvalue weighted by atomic mass is 35.5. The number of rotatable bonds is 8. The van der Waals surface area contributed by atoms with E-state index in [4.69, 9.17) is 21.1 Å². The average molecular weight is 447 g/mol. The molecule has 1 rings (SSSR count). The molecule has 166 valence electrons. The highest BCUT2D eigenvalue weighted by molar-refractivity contribution is 6.30. The van der Waals surface area contributed by atoms with Gasteiger partial charge in [-0.3, -0.25) is 10.1 Å². The van der Waals surface area contributed by atoms with E-state index in [0.717, 1.165) is 20.3 Å². The van der Waals surface area contributed by atoms with Gasteiger partial charge in [0.15, 0.2) is 11.9 Å². The van der Waals surface area contributed by atoms with E-state index >= 15 is 0 Å². The largest absolute Gasteiger partial charge is 0.471 e. The minimum atomic E-state index is -1.49. The van der Waals surface area contributed by atoms with Crippen molar-refractivity contribution in [2.45, 2.75) is 44.9 Å². The van der Waals surface area contributed by atoms with E-state index in [-0.39, 0.29) is 10.8 Å². The zero-order chi connectivity index (χ0) is 23.1. The number of amides is 1. The maximum atomic E-state index is 12.2. The summed E-state index contributed by atoms with van der Waals surface area (Å²) in [5.74, 6) is -2.09. The Balaban J connectivity index is 3.14. The predicted molar refractivity (Wildman–Crippen MR) is 104 cm³/mol. The first-order valence-corrected chi connectivity index (χ1v) is 9.01. The summed E-state index contributed by atoms with van der Waals surface area (Å²) in [6, 6.07) is 2.21. The number of halogens is 1. The molecule has 0 aliphatic carbocycles. The highest BCUT2D eigenvalue weighted by Crippen LogP contribution is 2.31. The normalized spacial score (nSPS) is 12.9. The minimum absolute atomic E-state index is 0.0858. The fourth-order valence-corrected chi connectivity index (χ4v) is 2.40. The van der Waals surface area contributed by atoms with Gasteiger partial charge in [0.2, 0.25) is 0 Å². The second-order valence-electron chi connectivity index (χ2n) is 6.96. The van der Waals surface area contributed by atoms with Gasteiger partial charge in [0.05, 0.1) is 19.1 Å². The number of hydrogen-bond acceptors (Lipinski definition) is 9. The van der Waals surface area contributed by atoms with Crippen molar-refractivity contribution >= 4 is 35.3 Å². The highest BCUT2D eigenvalue weighted by Gasteiger charge is 2.34. The van der Waals surface area contributed by atoms with Gasteiger partial charge in [0, 0.05) is 17.5 Å². The zero-order valence-electron chi connectivity index (χ0n) is 17.1. The van der Waals surface area contributed by atoms with E-state index in [1.807, 2.05) is 0 Å². The van der Waals surface area contributed by atoms with Crippen LogP contribution in [-0.4, -0.2) is 54.9 Å². The molecule has 12 heteroatoms. The monoisotopic (exact) mass is 446 g/mol. The standard InChI is InChI=1S/C18H23ClN2O9/c1-18(2,3)30-17(24)20-11(15(22)27-4)9-14(16(23)28-5)29-13-7-6-10(19)8-12(13)21(25)26/h6-8,11,14H,9H2,1-5H3,(H,20,24)/t11-,14-/m0/s1. The van der Waals surface area contributed by atoms with Crippen LogP contribution in [-0.2, 0) is 23.8 Å². The molecule has 0 spiro atoms. The van der Waals surface area contributed by atoms with Gasteiger partial charge < -0.3 is 24.3 Å². The first-order chi connectivity index (χ1) is 13.9. The molecule has 0 bridgehead atoms. The van der Waals surface area contributed by atoms with Crippen molar-refractivity contribution in [3.8, 4) is 5.75 Å². The fraction of sp³-hybridized carbons (Fsp3) is 0.500. The number of esters is 2. The van der Waals surface area contributed by atoms with Crippen LogP contribution in [0.2, 0.25) is 5.02 Å². The van der Waals surface area contributed by atoms with Crippen LogP contribution in [0.15, 0.2) is 18.2 Å². The first kappa shape index (κ1) is 25.0. The second-order valence-corrected chi connectivity index (χ2v) is 7.39. The lowest BCUT2D eigenvalue weighted by Crippen LogP contribution is -2.47. The van der Waals surface area contributed by atoms with E-state index < -0.39 is 52.8 Å². The molecule has 0 heterocycles. The molecule has 30 heavy (non-hydrogen) atoms. The van der Waals surface area contributed by atoms with Gasteiger partial charge in [-0.15, -0.1) is 0 Å². The lowest BCUT2D eigenvalue weighted by Gasteiger charge is -2.24. The van der Waals surface area contributed by atoms with Crippen molar-refractivity contribution < 1.29 is 38.3 Å². The van der Waals surface area contributed by atoms with Crippen molar-refractivity contribution in [1.29, 1.82) is 0 Å². The number of ether oxygens (including phenoxy) is 4. The number of hydrogen-bond donors (Lipinski definition) is 1. The predicted octanol–water partition coefficient (Wildman–Crippen LogP) is 2.63. The number of alkyl carbamates (subject to hydrolysis) is 1. The summed E-state index contributed by atoms with van der Waals surface area (Å²) in [5.41, 5.74) is -1.33. The maximum Gasteiger partial charge on any atom is 0.408 e. The molecular weight excluding hydrogens is 424 g/mol. The second kappa shape index (κ2) is 10.6. The Morgan fingerprint density at radius 2 is 1.77 bits per heavy atom. The molecule has 0 aromatic heterocycles. The van der Waals surface area contributed by atoms with E-state index in [9.17, 15) is 24.5 Å². The molecule has 1 amide bonds. The van der Waals surface area contributed by atoms with Crippen molar-refractivity contribution in [2.75, 3.05) is 14.2 Å². The SMILES string of the molecule is COC(=O)[C@H](C[C@H](Oc1ccc(Cl)cc1[N+](=O)[O-])C(=O)OC)NC(=O)OC(C)(C)C. The van der Waals surface area contributed by atoms with Crippen LogP contribution in [0.5, 0.6) is 5.75 Å². The van der Waals surface area contributed by atoms with Crippen LogP contribution in [0.4, 0.5) is 10.5 Å². The summed E-state index contributed by atoms with van der Waals surface area (Å²) in [6.45, 7) is 4.87. The van der Waals surface area contributed by atoms with Crippen LogP contribution >= 0.6 is 11.6 Å². The molecule has 1 aromatic rings. The molecule has 0 aliphatic heterocycles. The number of nitrogens with zero attached hydrogens (tertiary/aromatic N) is 1. The third kappa shape index (κ3) is 7.74. The molecule has 11 nitrogen and oxygen atoms in total. The van der Waals surface area contributed by atoms with Crippen LogP contribution in [0.25, 0.3) is 0 Å². The summed E-state index contributed by atoms with van der Waals surface area (Å²) in [4.78, 5) is 46.8. The van der Waals surface area contributed by atoms with Crippen molar-refractivity contribution in [1.82, 2.24) is 5.32 Å². The summed E-state index contributed by atoms with van der Waals surface area (Å²) in [7, 11) is 2.16. The Labute approximate surface area is 177 Å². The van der Waals surface area contributed by atoms with Gasteiger partial charge in [-0.25, -0.2) is 14.4 Å². The molecule has 1 N–H and O–H groups in total. The molecule has 0 saturated heterocycles. The Kier molecular flexibility index (Phi) is 8.84. The molecule has 0 saturated carbocycles. The Morgan fingerprint density at radius 3 is 2.27 bits per heavy atom. The number of carbonyl (C=O) groups is 3. The van der Waals surface area contributed by atoms with E-state index in [2.05, 4.69) is 14.8 Å². The molecule has 0 radical (unpaired) electrons. The zero-order valence-corrected chi connectivity index (χ0v) is 17.8. The Morgan fingerprint density at radius 1 is 1.17 bits per heavy atom. The molecule has 0 unspecified atom stereocenters. The number of benzene rings is 1. The van der Waals surface area contributed by atoms with Crippen molar-refractivity contribution in [2.24, 2.45) is 0 Å². The van der Waals surface area contributed by atoms with E-state index in [0.29, 0.717) is 0 Å². The molecule has 0 aliphatic rings. The maximum absolute atomic E-state index is 12.2. The van der Waals surface area contributed by atoms with Crippen LogP contribution in [0, 0.1) is 10.1 Å². The van der Waals surface area contributed by atoms with Gasteiger partial charge in [0.1, 0.15) is 11.6 Å². The molecular formula is C18H23ClN2O9. The molecule has 1 aromatic carbocycles. The summed E-state index contributed by atoms with van der Waals surface area (Å²) in [6.07, 6.45) is -2.87. The summed E-state index contributed by atoms with van der Waals surface area (Å²) < 4.78 is 19.8. The topological polar surface area (TPSA) is 143 Å². The fourth-order valence-electron chi connectivity index (χ4n) is 2.23. The Bertz CT molecular complexity index is 807. The van der Waals surface area contributed by atoms with Crippen LogP contribution in [0.3, 0.4) is 0 Å². The molecule has 0 fully saturated rings. The average Bonchev–Trinajstić information content (AvgIpc) is 2.64. The van der Waals surface area contributed by atoms with Gasteiger partial charge in [0.25, 0.3) is 0 Å². The number of methoxy groups -OCH3 is 2. The Hall–Kier alpha value is -3.08. The lowest BCUT2D eigenvalue weighted by atomic mass is 10.1. The van der Waals surface area contributed by atoms with Gasteiger partial charge >= 0.3 is 23.7 Å². The van der Waals surface area contributed by atoms with E-state index in [1.165, 1.54) is 12.1 Å². The van der Waals surface area contributed by atoms with Crippen molar-refractivity contribution in [3.63, 3.8) is 0 Å². The first-order valence-electron chi connectivity index (χ1n) is 8.63. The van der Waals surface area contributed by atoms with Crippen LogP contribution < -0.4 is 10.1 Å². The van der Waals surface area contributed by atoms with E-state index in [1.54, 1.807) is 20.8 Å². The minimum Gasteiger partial charge on any atom is -0.471 e. The third-order valence-electron chi connectivity index (χ3n) is 3.48. The van der Waals surface area contributed by atoms with Gasteiger partial charge in [-0.2, -0.15) is 0 Å². The van der Waals surface area contributed by atoms with Crippen LogP contribution in [0.1, 0.15) is 27.2 Å². The quantitative estimate of drug-likeness (QED) is 0.275. The number of nitro benzene ring substituents is 1. The summed E-state index contributed by atoms with van der Waals surface area (Å²) in [5, 5.41) is 13.6. The van der Waals surface area contributed by atoms with Crippen molar-refractivity contribution in [3.05, 3.63) is 33.3 Å². The number of carbonyl (C=O) groups excluding carboxylic acids is 3. The molecule has 2 atom stereocenters.